The number of nitrogens with zero attached hydrogens (tertiary/aromatic N) is 2. The van der Waals surface area contributed by atoms with E-state index in [1.807, 2.05) is 0 Å². The maximum Gasteiger partial charge on any atom is 0.0541 e. The molecule has 2 heteroatoms. The molecule has 118 heavy (non-hydrogen) atoms. The van der Waals surface area contributed by atoms with Crippen molar-refractivity contribution in [2.75, 3.05) is 0 Å². The van der Waals surface area contributed by atoms with Gasteiger partial charge in [-0.1, -0.05) is 364 Å². The van der Waals surface area contributed by atoms with Crippen LogP contribution in [0.15, 0.2) is 449 Å². The molecule has 0 radical (unpaired) electrons. The molecule has 24 rings (SSSR count). The molecule has 0 aliphatic heterocycles. The molecule has 0 amide bonds. The van der Waals surface area contributed by atoms with Crippen LogP contribution in [0.4, 0.5) is 0 Å². The topological polar surface area (TPSA) is 9.86 Å². The summed E-state index contributed by atoms with van der Waals surface area (Å²) in [4.78, 5) is 0. The van der Waals surface area contributed by atoms with Gasteiger partial charge in [-0.2, -0.15) is 0 Å². The van der Waals surface area contributed by atoms with E-state index in [1.165, 1.54) is 219 Å². The van der Waals surface area contributed by atoms with Gasteiger partial charge in [-0.15, -0.1) is 0 Å². The summed E-state index contributed by atoms with van der Waals surface area (Å²) in [5.41, 5.74) is 26.8. The van der Waals surface area contributed by atoms with Gasteiger partial charge >= 0.3 is 0 Å². The van der Waals surface area contributed by atoms with Crippen molar-refractivity contribution in [1.29, 1.82) is 0 Å². The summed E-state index contributed by atoms with van der Waals surface area (Å²) in [5.74, 6) is 0. The number of aromatic nitrogens is 2. The highest BCUT2D eigenvalue weighted by atomic mass is 15.0. The van der Waals surface area contributed by atoms with Crippen molar-refractivity contribution >= 4 is 130 Å². The highest BCUT2D eigenvalue weighted by Gasteiger charge is 2.23. The normalized spacial score (nSPS) is 11.7. The molecular formula is C116H74N2. The van der Waals surface area contributed by atoms with Crippen molar-refractivity contribution in [3.63, 3.8) is 0 Å². The number of benzene rings is 22. The van der Waals surface area contributed by atoms with Gasteiger partial charge in [0.15, 0.2) is 0 Å². The van der Waals surface area contributed by atoms with Gasteiger partial charge in [-0.05, 0) is 260 Å². The van der Waals surface area contributed by atoms with Crippen LogP contribution in [0.5, 0.6) is 0 Å². The Kier molecular flexibility index (Phi) is 16.3. The summed E-state index contributed by atoms with van der Waals surface area (Å²) in [6.45, 7) is 0. The Balaban J connectivity index is 0.000000138. The highest BCUT2D eigenvalue weighted by molar-refractivity contribution is 6.24. The molecule has 0 atom stereocenters. The Hall–Kier alpha value is -15.5. The van der Waals surface area contributed by atoms with Crippen LogP contribution >= 0.6 is 0 Å². The van der Waals surface area contributed by atoms with E-state index < -0.39 is 0 Å². The summed E-state index contributed by atoms with van der Waals surface area (Å²) in [5, 5.41) is 25.1. The fourth-order valence-corrected chi connectivity index (χ4v) is 19.3. The molecule has 24 aromatic rings. The fraction of sp³-hybridized carbons (Fsp3) is 0. The number of fused-ring (bicyclic) bond motifs is 14. The van der Waals surface area contributed by atoms with E-state index in [2.05, 4.69) is 458 Å². The quantitative estimate of drug-likeness (QED) is 0.121. The first-order valence-corrected chi connectivity index (χ1v) is 40.8. The lowest BCUT2D eigenvalue weighted by Gasteiger charge is -2.18. The van der Waals surface area contributed by atoms with Gasteiger partial charge in [0.05, 0.1) is 22.1 Å². The van der Waals surface area contributed by atoms with Crippen molar-refractivity contribution in [3.05, 3.63) is 449 Å². The largest absolute Gasteiger partial charge is 0.309 e. The second-order valence-corrected chi connectivity index (χ2v) is 31.3. The van der Waals surface area contributed by atoms with Gasteiger partial charge in [0.25, 0.3) is 0 Å². The lowest BCUT2D eigenvalue weighted by atomic mass is 9.86. The Morgan fingerprint density at radius 1 is 0.119 bits per heavy atom. The van der Waals surface area contributed by atoms with E-state index in [0.717, 1.165) is 11.4 Å². The van der Waals surface area contributed by atoms with Crippen LogP contribution in [0.3, 0.4) is 0 Å². The SMILES string of the molecule is c1ccc(-c2c3ccccc3c(-c3ccc(-n4c5ccc(-c6ccc7ccccc7c6)cc5c5cc(-c6ccc7ccccc7c6)ccc54)cc3)c3ccccc23)cc1.c1ccc(-c2c3ccccc3c(-c3ccc(-n4c5ccc(-c6cccc7ccccc67)cc5c5cc(-c6cccc7ccccc67)ccc54)cc3)c3ccccc23)cc1. The van der Waals surface area contributed by atoms with Crippen molar-refractivity contribution in [2.24, 2.45) is 0 Å². The Labute approximate surface area is 683 Å². The van der Waals surface area contributed by atoms with Crippen molar-refractivity contribution in [3.8, 4) is 100 Å². The van der Waals surface area contributed by atoms with Crippen LogP contribution in [0, 0.1) is 0 Å². The van der Waals surface area contributed by atoms with E-state index in [1.54, 1.807) is 0 Å². The maximum atomic E-state index is 2.45. The van der Waals surface area contributed by atoms with Crippen LogP contribution in [-0.4, -0.2) is 9.13 Å². The number of rotatable bonds is 10. The van der Waals surface area contributed by atoms with Crippen LogP contribution in [0.2, 0.25) is 0 Å². The monoisotopic (exact) mass is 1490 g/mol. The minimum atomic E-state index is 1.14. The Morgan fingerprint density at radius 3 is 0.678 bits per heavy atom. The zero-order chi connectivity index (χ0) is 77.7. The van der Waals surface area contributed by atoms with Gasteiger partial charge < -0.3 is 9.13 Å². The Morgan fingerprint density at radius 2 is 0.347 bits per heavy atom. The van der Waals surface area contributed by atoms with Gasteiger partial charge in [-0.25, -0.2) is 0 Å². The summed E-state index contributed by atoms with van der Waals surface area (Å²) in [7, 11) is 0. The van der Waals surface area contributed by atoms with Crippen LogP contribution in [0.1, 0.15) is 0 Å². The molecule has 0 N–H and O–H groups in total. The molecule has 0 aliphatic rings. The third kappa shape index (κ3) is 11.5. The molecule has 2 aromatic heterocycles. The second kappa shape index (κ2) is 28.3. The van der Waals surface area contributed by atoms with Crippen LogP contribution in [-0.2, 0) is 0 Å². The first-order chi connectivity index (χ1) is 58.5. The lowest BCUT2D eigenvalue weighted by Crippen LogP contribution is -1.95. The maximum absolute atomic E-state index is 2.45. The lowest BCUT2D eigenvalue weighted by molar-refractivity contribution is 1.18. The zero-order valence-corrected chi connectivity index (χ0v) is 64.6. The zero-order valence-electron chi connectivity index (χ0n) is 64.6. The molecule has 0 spiro atoms. The van der Waals surface area contributed by atoms with E-state index in [4.69, 9.17) is 0 Å². The highest BCUT2D eigenvalue weighted by Crippen LogP contribution is 2.49. The van der Waals surface area contributed by atoms with Gasteiger partial charge in [-0.3, -0.25) is 0 Å². The third-order valence-electron chi connectivity index (χ3n) is 24.7. The molecule has 2 nitrogen and oxygen atoms in total. The molecule has 0 bridgehead atoms. The van der Waals surface area contributed by atoms with Crippen molar-refractivity contribution in [2.45, 2.75) is 0 Å². The number of hydrogen-bond donors (Lipinski definition) is 0. The van der Waals surface area contributed by atoms with E-state index in [0.29, 0.717) is 0 Å². The number of hydrogen-bond acceptors (Lipinski definition) is 0. The van der Waals surface area contributed by atoms with E-state index in [-0.39, 0.29) is 0 Å². The predicted molar refractivity (Wildman–Crippen MR) is 505 cm³/mol. The second-order valence-electron chi connectivity index (χ2n) is 31.3. The van der Waals surface area contributed by atoms with Gasteiger partial charge in [0.2, 0.25) is 0 Å². The average Bonchev–Trinajstić information content (AvgIpc) is 1.31. The van der Waals surface area contributed by atoms with Crippen molar-refractivity contribution < 1.29 is 0 Å². The molecule has 0 saturated carbocycles. The fourth-order valence-electron chi connectivity index (χ4n) is 19.3. The molecule has 22 aromatic carbocycles. The van der Waals surface area contributed by atoms with Crippen LogP contribution < -0.4 is 0 Å². The summed E-state index contributed by atoms with van der Waals surface area (Å²) in [6, 6.07) is 165. The van der Waals surface area contributed by atoms with E-state index in [9.17, 15) is 0 Å². The smallest absolute Gasteiger partial charge is 0.0541 e. The molecule has 548 valence electrons. The predicted octanol–water partition coefficient (Wildman–Crippen LogP) is 32.1. The molecule has 0 fully saturated rings. The van der Waals surface area contributed by atoms with Crippen LogP contribution in [0.25, 0.3) is 230 Å². The van der Waals surface area contributed by atoms with Crippen molar-refractivity contribution in [1.82, 2.24) is 9.13 Å². The molecule has 0 saturated heterocycles. The first-order valence-electron chi connectivity index (χ1n) is 40.8. The summed E-state index contributed by atoms with van der Waals surface area (Å²) in [6.07, 6.45) is 0. The molecule has 2 heterocycles. The van der Waals surface area contributed by atoms with Gasteiger partial charge in [0.1, 0.15) is 0 Å². The Bertz CT molecular complexity index is 7750. The minimum Gasteiger partial charge on any atom is -0.309 e. The molecule has 0 aliphatic carbocycles. The first kappa shape index (κ1) is 68.1. The molecular weight excluding hydrogens is 1420 g/mol. The summed E-state index contributed by atoms with van der Waals surface area (Å²) < 4.78 is 4.89. The molecule has 0 unspecified atom stereocenters. The minimum absolute atomic E-state index is 1.14. The third-order valence-corrected chi connectivity index (χ3v) is 24.7. The van der Waals surface area contributed by atoms with E-state index >= 15 is 0 Å². The standard InChI is InChI=1S/2C58H37N/c1-2-16-40(17-3-1)57-49-22-8-10-24-51(49)58(52-25-11-9-23-50(52)57)41-28-32-44(33-29-41)59-55-34-30-42(47-26-12-18-38-14-4-6-20-45(38)47)36-53(55)54-37-43(31-35-56(54)59)48-27-13-19-39-15-5-7-21-46(39)48;1-2-14-40(15-3-1)57-49-18-8-10-20-51(49)58(52-21-11-9-19-50(52)57)41-26-30-48(31-27-41)59-55-32-28-46(44-24-22-38-12-4-6-16-42(38)34-44)36-53(55)54-37-47(29-33-56(54)59)45-25-23-39-13-5-7-17-43(39)35-45/h2*1-37H. The summed E-state index contributed by atoms with van der Waals surface area (Å²) >= 11 is 0. The average molecular weight is 1500 g/mol. The van der Waals surface area contributed by atoms with Gasteiger partial charge in [0, 0.05) is 32.9 Å².